The van der Waals surface area contributed by atoms with Crippen LogP contribution in [0.2, 0.25) is 0 Å². The first kappa shape index (κ1) is 17.8. The lowest BCUT2D eigenvalue weighted by Gasteiger charge is -2.30. The summed E-state index contributed by atoms with van der Waals surface area (Å²) >= 11 is 0. The first-order valence-electron chi connectivity index (χ1n) is 8.83. The van der Waals surface area contributed by atoms with Crippen LogP contribution in [0, 0.1) is 13.8 Å². The van der Waals surface area contributed by atoms with Crippen LogP contribution < -0.4 is 10.6 Å². The largest absolute Gasteiger partial charge is 0.508 e. The van der Waals surface area contributed by atoms with Crippen molar-refractivity contribution in [2.45, 2.75) is 25.8 Å². The molecule has 2 unspecified atom stereocenters. The van der Waals surface area contributed by atoms with E-state index in [4.69, 9.17) is 10.3 Å². The molecule has 2 aromatic carbocycles. The van der Waals surface area contributed by atoms with Crippen molar-refractivity contribution in [1.29, 1.82) is 0 Å². The van der Waals surface area contributed by atoms with Crippen molar-refractivity contribution >= 4 is 23.1 Å². The number of amides is 1. The number of rotatable bonds is 4. The van der Waals surface area contributed by atoms with Gasteiger partial charge in [-0.25, -0.2) is 0 Å². The molecule has 28 heavy (non-hydrogen) atoms. The van der Waals surface area contributed by atoms with Gasteiger partial charge in [0.1, 0.15) is 11.5 Å². The van der Waals surface area contributed by atoms with Crippen molar-refractivity contribution < 1.29 is 19.2 Å². The number of nitrogens with two attached hydrogens (primary N) is 1. The lowest BCUT2D eigenvalue weighted by atomic mass is 9.85. The summed E-state index contributed by atoms with van der Waals surface area (Å²) in [5.74, 6) is -1.74. The minimum atomic E-state index is -0.982. The summed E-state index contributed by atoms with van der Waals surface area (Å²) in [6.07, 6.45) is 0. The van der Waals surface area contributed by atoms with Gasteiger partial charge in [0.25, 0.3) is 5.91 Å². The minimum absolute atomic E-state index is 0.134. The Bertz CT molecular complexity index is 1050. The van der Waals surface area contributed by atoms with E-state index in [1.54, 1.807) is 38.1 Å². The Morgan fingerprint density at radius 3 is 2.39 bits per heavy atom. The molecule has 2 atom stereocenters. The third-order valence-corrected chi connectivity index (χ3v) is 5.16. The van der Waals surface area contributed by atoms with Gasteiger partial charge in [0.05, 0.1) is 17.7 Å². The number of primary amides is 1. The van der Waals surface area contributed by atoms with E-state index in [9.17, 15) is 14.7 Å². The fraction of sp³-hybridized carbons (Fsp3) is 0.190. The highest BCUT2D eigenvalue weighted by atomic mass is 16.5. The van der Waals surface area contributed by atoms with E-state index in [0.717, 1.165) is 16.9 Å². The second kappa shape index (κ2) is 6.53. The highest BCUT2D eigenvalue weighted by molar-refractivity contribution is 6.38. The molecular weight excluding hydrogens is 358 g/mol. The number of anilines is 2. The maximum absolute atomic E-state index is 12.9. The fourth-order valence-corrected chi connectivity index (χ4v) is 4.00. The summed E-state index contributed by atoms with van der Waals surface area (Å²) in [5, 5.41) is 13.7. The molecule has 1 amide bonds. The number of fused-ring (bicyclic) bond motifs is 1. The number of para-hydroxylation sites is 1. The minimum Gasteiger partial charge on any atom is -0.508 e. The maximum Gasteiger partial charge on any atom is 0.285 e. The van der Waals surface area contributed by atoms with Crippen LogP contribution in [0.25, 0.3) is 0 Å². The van der Waals surface area contributed by atoms with Gasteiger partial charge in [0.15, 0.2) is 0 Å². The van der Waals surface area contributed by atoms with Crippen molar-refractivity contribution in [2.24, 2.45) is 5.73 Å². The van der Waals surface area contributed by atoms with Crippen molar-refractivity contribution in [3.63, 3.8) is 0 Å². The van der Waals surface area contributed by atoms with Gasteiger partial charge in [-0.05, 0) is 49.7 Å². The Kier molecular flexibility index (Phi) is 4.15. The zero-order valence-corrected chi connectivity index (χ0v) is 15.4. The SMILES string of the molecule is Cc1noc(C)c1C1C(C(=O)C(N)=O)c2ccccc2N1c1ccc(O)cc1. The van der Waals surface area contributed by atoms with Gasteiger partial charge in [0.2, 0.25) is 5.78 Å². The molecule has 0 saturated carbocycles. The normalized spacial score (nSPS) is 18.1. The average Bonchev–Trinajstić information content (AvgIpc) is 3.18. The van der Waals surface area contributed by atoms with E-state index in [1.807, 2.05) is 29.2 Å². The van der Waals surface area contributed by atoms with Crippen LogP contribution >= 0.6 is 0 Å². The topological polar surface area (TPSA) is 110 Å². The van der Waals surface area contributed by atoms with Crippen LogP contribution in [0.15, 0.2) is 53.1 Å². The lowest BCUT2D eigenvalue weighted by Crippen LogP contribution is -2.34. The fourth-order valence-electron chi connectivity index (χ4n) is 4.00. The molecule has 7 nitrogen and oxygen atoms in total. The third kappa shape index (κ3) is 2.63. The van der Waals surface area contributed by atoms with E-state index < -0.39 is 23.7 Å². The Hall–Kier alpha value is -3.61. The summed E-state index contributed by atoms with van der Waals surface area (Å²) in [4.78, 5) is 26.7. The molecule has 1 aromatic heterocycles. The smallest absolute Gasteiger partial charge is 0.285 e. The highest BCUT2D eigenvalue weighted by Gasteiger charge is 2.47. The number of ketones is 1. The Morgan fingerprint density at radius 2 is 1.79 bits per heavy atom. The molecular formula is C21H19N3O4. The van der Waals surface area contributed by atoms with Gasteiger partial charge in [-0.3, -0.25) is 9.59 Å². The van der Waals surface area contributed by atoms with Crippen molar-refractivity contribution in [3.05, 3.63) is 71.1 Å². The van der Waals surface area contributed by atoms with Gasteiger partial charge >= 0.3 is 0 Å². The van der Waals surface area contributed by atoms with Crippen LogP contribution in [-0.4, -0.2) is 22.0 Å². The van der Waals surface area contributed by atoms with Crippen LogP contribution in [0.4, 0.5) is 11.4 Å². The van der Waals surface area contributed by atoms with E-state index in [0.29, 0.717) is 17.0 Å². The van der Waals surface area contributed by atoms with Gasteiger partial charge < -0.3 is 20.3 Å². The summed E-state index contributed by atoms with van der Waals surface area (Å²) in [5.41, 5.74) is 9.03. The summed E-state index contributed by atoms with van der Waals surface area (Å²) in [7, 11) is 0. The third-order valence-electron chi connectivity index (χ3n) is 5.16. The number of carbonyl (C=O) groups is 2. The molecule has 0 saturated heterocycles. The second-order valence-electron chi connectivity index (χ2n) is 6.83. The number of hydrogen-bond donors (Lipinski definition) is 2. The standard InChI is InChI=1S/C21H19N3O4/c1-11-17(12(2)28-23-11)19-18(20(26)21(22)27)15-5-3-4-6-16(15)24(19)13-7-9-14(25)10-8-13/h3-10,18-19,25H,1-2H3,(H2,22,27). The zero-order chi connectivity index (χ0) is 20.0. The van der Waals surface area contributed by atoms with Gasteiger partial charge in [-0.15, -0.1) is 0 Å². The van der Waals surface area contributed by atoms with E-state index >= 15 is 0 Å². The second-order valence-corrected chi connectivity index (χ2v) is 6.83. The quantitative estimate of drug-likeness (QED) is 0.676. The number of phenols is 1. The number of aromatic nitrogens is 1. The number of carbonyl (C=O) groups excluding carboxylic acids is 2. The number of aromatic hydroxyl groups is 1. The Labute approximate surface area is 161 Å². The first-order valence-corrected chi connectivity index (χ1v) is 8.83. The molecule has 0 radical (unpaired) electrons. The summed E-state index contributed by atoms with van der Waals surface area (Å²) < 4.78 is 5.35. The Balaban J connectivity index is 2.00. The van der Waals surface area contributed by atoms with Crippen LogP contribution in [-0.2, 0) is 9.59 Å². The molecule has 1 aliphatic rings. The molecule has 0 spiro atoms. The number of aryl methyl sites for hydroxylation is 2. The van der Waals surface area contributed by atoms with E-state index in [1.165, 1.54) is 0 Å². The van der Waals surface area contributed by atoms with Gasteiger partial charge in [-0.2, -0.15) is 0 Å². The summed E-state index contributed by atoms with van der Waals surface area (Å²) in [6, 6.07) is 13.5. The van der Waals surface area contributed by atoms with E-state index in [-0.39, 0.29) is 5.75 Å². The van der Waals surface area contributed by atoms with Crippen LogP contribution in [0.1, 0.15) is 34.5 Å². The van der Waals surface area contributed by atoms with Gasteiger partial charge in [0, 0.05) is 16.9 Å². The molecule has 0 aliphatic carbocycles. The number of benzene rings is 2. The zero-order valence-electron chi connectivity index (χ0n) is 15.4. The number of nitrogens with zero attached hydrogens (tertiary/aromatic N) is 2. The molecule has 142 valence electrons. The molecule has 4 rings (SSSR count). The average molecular weight is 377 g/mol. The van der Waals surface area contributed by atoms with Crippen molar-refractivity contribution in [1.82, 2.24) is 5.16 Å². The molecule has 0 bridgehead atoms. The molecule has 1 aliphatic heterocycles. The first-order chi connectivity index (χ1) is 13.4. The van der Waals surface area contributed by atoms with Crippen LogP contribution in [0.3, 0.4) is 0 Å². The number of phenolic OH excluding ortho intramolecular Hbond substituents is 1. The van der Waals surface area contributed by atoms with Gasteiger partial charge in [-0.1, -0.05) is 23.4 Å². The summed E-state index contributed by atoms with van der Waals surface area (Å²) in [6.45, 7) is 3.58. The number of hydrogen-bond acceptors (Lipinski definition) is 6. The molecule has 3 N–H and O–H groups in total. The molecule has 2 heterocycles. The van der Waals surface area contributed by atoms with Crippen molar-refractivity contribution in [3.8, 4) is 5.75 Å². The maximum atomic E-state index is 12.9. The highest BCUT2D eigenvalue weighted by Crippen LogP contribution is 2.54. The predicted octanol–water partition coefficient (Wildman–Crippen LogP) is 3.03. The monoisotopic (exact) mass is 377 g/mol. The predicted molar refractivity (Wildman–Crippen MR) is 102 cm³/mol. The number of Topliss-reactive ketones (excluding diaryl/α,β-unsaturated/α-hetero) is 1. The van der Waals surface area contributed by atoms with Crippen LogP contribution in [0.5, 0.6) is 5.75 Å². The Morgan fingerprint density at radius 1 is 1.11 bits per heavy atom. The lowest BCUT2D eigenvalue weighted by molar-refractivity contribution is -0.137. The van der Waals surface area contributed by atoms with E-state index in [2.05, 4.69) is 5.16 Å². The van der Waals surface area contributed by atoms with Crippen molar-refractivity contribution in [2.75, 3.05) is 4.90 Å². The molecule has 7 heteroatoms. The molecule has 0 fully saturated rings. The molecule has 3 aromatic rings.